The molecular formula is C25H36N2O3S2. The van der Waals surface area contributed by atoms with Gasteiger partial charge < -0.3 is 26.0 Å². The third-order valence-electron chi connectivity index (χ3n) is 4.68. The van der Waals surface area contributed by atoms with Gasteiger partial charge in [-0.2, -0.15) is 0 Å². The largest absolute Gasteiger partial charge is 0.507 e. The van der Waals surface area contributed by atoms with Gasteiger partial charge in [-0.15, -0.1) is 0 Å². The molecule has 0 aromatic heterocycles. The number of aliphatic hydroxyl groups excluding tert-OH is 1. The molecule has 0 spiro atoms. The molecule has 0 aliphatic heterocycles. The van der Waals surface area contributed by atoms with Crippen LogP contribution in [-0.2, 0) is 28.6 Å². The van der Waals surface area contributed by atoms with Crippen molar-refractivity contribution in [3.05, 3.63) is 64.7 Å². The SMILES string of the molecule is CC(C)(C)c1cc(COC(=S)NCCc2ccccc2)cc(C(C)(C)C)c1O.NC(O)=S. The Kier molecular flexibility index (Phi) is 10.4. The Bertz CT molecular complexity index is 863. The van der Waals surface area contributed by atoms with Gasteiger partial charge >= 0.3 is 0 Å². The Morgan fingerprint density at radius 2 is 1.41 bits per heavy atom. The molecule has 2 rings (SSSR count). The third-order valence-corrected chi connectivity index (χ3v) is 4.94. The Hall–Kier alpha value is -2.38. The molecule has 0 bridgehead atoms. The first kappa shape index (κ1) is 27.7. The molecule has 0 saturated carbocycles. The Morgan fingerprint density at radius 1 is 0.938 bits per heavy atom. The smallest absolute Gasteiger partial charge is 0.256 e. The van der Waals surface area contributed by atoms with Crippen LogP contribution in [0.3, 0.4) is 0 Å². The minimum Gasteiger partial charge on any atom is -0.507 e. The first-order chi connectivity index (χ1) is 14.7. The van der Waals surface area contributed by atoms with Crippen molar-refractivity contribution in [2.24, 2.45) is 5.73 Å². The average Bonchev–Trinajstić information content (AvgIpc) is 2.65. The highest BCUT2D eigenvalue weighted by Crippen LogP contribution is 2.39. The summed E-state index contributed by atoms with van der Waals surface area (Å²) < 4.78 is 5.78. The van der Waals surface area contributed by atoms with E-state index in [1.807, 2.05) is 30.3 Å². The zero-order valence-corrected chi connectivity index (χ0v) is 21.5. The highest BCUT2D eigenvalue weighted by Gasteiger charge is 2.26. The number of aliphatic hydroxyl groups is 1. The van der Waals surface area contributed by atoms with E-state index in [0.717, 1.165) is 29.7 Å². The molecule has 5 N–H and O–H groups in total. The van der Waals surface area contributed by atoms with Crippen molar-refractivity contribution in [3.63, 3.8) is 0 Å². The molecule has 0 fully saturated rings. The number of phenols is 1. The number of thiocarbonyl (C=S) groups is 2. The van der Waals surface area contributed by atoms with Gasteiger partial charge in [0.15, 0.2) is 0 Å². The summed E-state index contributed by atoms with van der Waals surface area (Å²) in [7, 11) is 0. The van der Waals surface area contributed by atoms with Crippen LogP contribution in [0.2, 0.25) is 0 Å². The first-order valence-corrected chi connectivity index (χ1v) is 11.3. The van der Waals surface area contributed by atoms with E-state index >= 15 is 0 Å². The molecular weight excluding hydrogens is 440 g/mol. The van der Waals surface area contributed by atoms with Gasteiger partial charge in [0.1, 0.15) is 12.4 Å². The molecule has 32 heavy (non-hydrogen) atoms. The van der Waals surface area contributed by atoms with Crippen molar-refractivity contribution in [2.45, 2.75) is 65.4 Å². The fourth-order valence-electron chi connectivity index (χ4n) is 3.07. The van der Waals surface area contributed by atoms with Gasteiger partial charge in [-0.1, -0.05) is 71.9 Å². The van der Waals surface area contributed by atoms with Crippen LogP contribution in [0.15, 0.2) is 42.5 Å². The van der Waals surface area contributed by atoms with Gasteiger partial charge in [-0.25, -0.2) is 0 Å². The third kappa shape index (κ3) is 9.83. The van der Waals surface area contributed by atoms with Crippen molar-refractivity contribution < 1.29 is 14.9 Å². The number of rotatable bonds is 5. The zero-order chi connectivity index (χ0) is 24.5. The number of ether oxygens (including phenoxy) is 1. The number of benzene rings is 2. The van der Waals surface area contributed by atoms with Crippen LogP contribution in [-0.4, -0.2) is 27.1 Å². The predicted molar refractivity (Wildman–Crippen MR) is 140 cm³/mol. The van der Waals surface area contributed by atoms with Crippen LogP contribution in [0.25, 0.3) is 0 Å². The topological polar surface area (TPSA) is 87.7 Å². The van der Waals surface area contributed by atoms with Gasteiger partial charge in [0.2, 0.25) is 0 Å². The molecule has 0 radical (unpaired) electrons. The summed E-state index contributed by atoms with van der Waals surface area (Å²) in [5.74, 6) is 0.382. The van der Waals surface area contributed by atoms with Crippen LogP contribution in [0, 0.1) is 0 Å². The second-order valence-electron chi connectivity index (χ2n) is 9.62. The monoisotopic (exact) mass is 476 g/mol. The van der Waals surface area contributed by atoms with E-state index in [4.69, 9.17) is 22.1 Å². The standard InChI is InChI=1S/C24H33NO2S.CH3NOS/c1-23(2,3)19-14-18(15-20(21(19)26)24(4,5)6)16-27-22(28)25-13-12-17-10-8-7-9-11-17;2-1(3)4/h7-11,14-15,26H,12-13,16H2,1-6H3,(H,25,28);(H3,2,3,4). The van der Waals surface area contributed by atoms with Crippen LogP contribution < -0.4 is 11.1 Å². The van der Waals surface area contributed by atoms with Crippen LogP contribution in [0.1, 0.15) is 63.8 Å². The minimum absolute atomic E-state index is 0.158. The number of nitrogens with one attached hydrogen (secondary N) is 1. The molecule has 0 aliphatic carbocycles. The lowest BCUT2D eigenvalue weighted by Gasteiger charge is -2.28. The summed E-state index contributed by atoms with van der Waals surface area (Å²) in [6.07, 6.45) is 0.895. The maximum absolute atomic E-state index is 10.8. The molecule has 0 heterocycles. The Labute approximate surface area is 203 Å². The zero-order valence-electron chi connectivity index (χ0n) is 19.9. The molecule has 0 saturated heterocycles. The average molecular weight is 477 g/mol. The Morgan fingerprint density at radius 3 is 1.84 bits per heavy atom. The van der Waals surface area contributed by atoms with E-state index < -0.39 is 5.17 Å². The quantitative estimate of drug-likeness (QED) is 0.429. The molecule has 7 heteroatoms. The second-order valence-corrected chi connectivity index (χ2v) is 10.4. The van der Waals surface area contributed by atoms with Crippen molar-refractivity contribution in [1.29, 1.82) is 0 Å². The number of phenolic OH excluding ortho intramolecular Hbond substituents is 1. The van der Waals surface area contributed by atoms with Gasteiger partial charge in [0.25, 0.3) is 10.3 Å². The van der Waals surface area contributed by atoms with E-state index in [0.29, 0.717) is 17.5 Å². The number of hydrogen-bond donors (Lipinski definition) is 4. The molecule has 2 aromatic rings. The lowest BCUT2D eigenvalue weighted by atomic mass is 9.78. The van der Waals surface area contributed by atoms with Crippen molar-refractivity contribution >= 4 is 34.8 Å². The van der Waals surface area contributed by atoms with E-state index in [1.165, 1.54) is 5.56 Å². The first-order valence-electron chi connectivity index (χ1n) is 10.5. The summed E-state index contributed by atoms with van der Waals surface area (Å²) in [5, 5.41) is 21.4. The van der Waals surface area contributed by atoms with Gasteiger partial charge in [0, 0.05) is 6.54 Å². The van der Waals surface area contributed by atoms with Crippen molar-refractivity contribution in [2.75, 3.05) is 6.54 Å². The highest BCUT2D eigenvalue weighted by atomic mass is 32.1. The van der Waals surface area contributed by atoms with Crippen molar-refractivity contribution in [3.8, 4) is 5.75 Å². The van der Waals surface area contributed by atoms with E-state index in [-0.39, 0.29) is 10.8 Å². The van der Waals surface area contributed by atoms with Crippen LogP contribution in [0.4, 0.5) is 0 Å². The summed E-state index contributed by atoms with van der Waals surface area (Å²) >= 11 is 9.19. The summed E-state index contributed by atoms with van der Waals surface area (Å²) in [4.78, 5) is 0. The predicted octanol–water partition coefficient (Wildman–Crippen LogP) is 5.41. The molecule has 2 aromatic carbocycles. The van der Waals surface area contributed by atoms with E-state index in [2.05, 4.69) is 76.9 Å². The number of hydrogen-bond acceptors (Lipinski definition) is 4. The lowest BCUT2D eigenvalue weighted by Crippen LogP contribution is -2.26. The fourth-order valence-corrected chi connectivity index (χ4v) is 3.24. The minimum atomic E-state index is -0.500. The molecule has 0 atom stereocenters. The van der Waals surface area contributed by atoms with Gasteiger partial charge in [-0.3, -0.25) is 0 Å². The van der Waals surface area contributed by atoms with Crippen LogP contribution in [0.5, 0.6) is 5.75 Å². The number of aromatic hydroxyl groups is 1. The Balaban J connectivity index is 0.00000118. The van der Waals surface area contributed by atoms with Gasteiger partial charge in [0.05, 0.1) is 0 Å². The summed E-state index contributed by atoms with van der Waals surface area (Å²) in [5.41, 5.74) is 8.22. The van der Waals surface area contributed by atoms with Crippen LogP contribution >= 0.6 is 24.4 Å². The van der Waals surface area contributed by atoms with Crippen molar-refractivity contribution in [1.82, 2.24) is 5.32 Å². The summed E-state index contributed by atoms with van der Waals surface area (Å²) in [6, 6.07) is 14.3. The van der Waals surface area contributed by atoms with E-state index in [9.17, 15) is 5.11 Å². The number of nitrogens with two attached hydrogens (primary N) is 1. The van der Waals surface area contributed by atoms with Gasteiger partial charge in [-0.05, 0) is 76.1 Å². The molecule has 0 aliphatic rings. The highest BCUT2D eigenvalue weighted by molar-refractivity contribution is 7.80. The second kappa shape index (κ2) is 12.0. The fraction of sp³-hybridized carbons (Fsp3) is 0.440. The maximum atomic E-state index is 10.8. The molecule has 0 unspecified atom stereocenters. The lowest BCUT2D eigenvalue weighted by molar-refractivity contribution is 0.285. The normalized spacial score (nSPS) is 11.2. The van der Waals surface area contributed by atoms with E-state index in [1.54, 1.807) is 0 Å². The molecule has 5 nitrogen and oxygen atoms in total. The molecule has 176 valence electrons. The summed E-state index contributed by atoms with van der Waals surface area (Å²) in [6.45, 7) is 13.7. The molecule has 0 amide bonds. The maximum Gasteiger partial charge on any atom is 0.256 e.